The SMILES string of the molecule is C=C1Cc2c(Cl)cccc2N1. The maximum Gasteiger partial charge on any atom is 0.0462 e. The van der Waals surface area contributed by atoms with Crippen LogP contribution in [0, 0.1) is 0 Å². The van der Waals surface area contributed by atoms with Crippen LogP contribution in [0.4, 0.5) is 5.69 Å². The smallest absolute Gasteiger partial charge is 0.0462 e. The van der Waals surface area contributed by atoms with Crippen molar-refractivity contribution in [2.45, 2.75) is 6.42 Å². The molecule has 0 atom stereocenters. The van der Waals surface area contributed by atoms with Gasteiger partial charge in [0, 0.05) is 28.4 Å². The summed E-state index contributed by atoms with van der Waals surface area (Å²) in [6.45, 7) is 3.84. The summed E-state index contributed by atoms with van der Waals surface area (Å²) >= 11 is 5.95. The highest BCUT2D eigenvalue weighted by Crippen LogP contribution is 2.32. The zero-order chi connectivity index (χ0) is 7.84. The first-order valence-electron chi connectivity index (χ1n) is 3.49. The van der Waals surface area contributed by atoms with Gasteiger partial charge in [0.2, 0.25) is 0 Å². The number of benzene rings is 1. The molecule has 0 aliphatic carbocycles. The Labute approximate surface area is 70.7 Å². The first kappa shape index (κ1) is 6.74. The number of halogens is 1. The topological polar surface area (TPSA) is 12.0 Å². The van der Waals surface area contributed by atoms with Gasteiger partial charge in [-0.25, -0.2) is 0 Å². The normalized spacial score (nSPS) is 14.5. The molecule has 0 amide bonds. The van der Waals surface area contributed by atoms with E-state index in [9.17, 15) is 0 Å². The van der Waals surface area contributed by atoms with Gasteiger partial charge in [0.25, 0.3) is 0 Å². The molecule has 0 fully saturated rings. The number of anilines is 1. The van der Waals surface area contributed by atoms with Crippen molar-refractivity contribution in [2.75, 3.05) is 5.32 Å². The molecule has 56 valence electrons. The Kier molecular flexibility index (Phi) is 1.40. The number of fused-ring (bicyclic) bond motifs is 1. The number of allylic oxidation sites excluding steroid dienone is 1. The molecule has 1 aromatic rings. The molecule has 0 bridgehead atoms. The lowest BCUT2D eigenvalue weighted by Crippen LogP contribution is -1.86. The molecule has 1 heterocycles. The van der Waals surface area contributed by atoms with Crippen LogP contribution in [0.15, 0.2) is 30.5 Å². The predicted octanol–water partition coefficient (Wildman–Crippen LogP) is 2.82. The van der Waals surface area contributed by atoms with Gasteiger partial charge in [-0.05, 0) is 12.1 Å². The first-order chi connectivity index (χ1) is 5.27. The van der Waals surface area contributed by atoms with E-state index in [1.807, 2.05) is 18.2 Å². The van der Waals surface area contributed by atoms with Crippen LogP contribution in [0.5, 0.6) is 0 Å². The van der Waals surface area contributed by atoms with E-state index in [1.54, 1.807) is 0 Å². The summed E-state index contributed by atoms with van der Waals surface area (Å²) in [6.07, 6.45) is 0.856. The minimum Gasteiger partial charge on any atom is -0.359 e. The van der Waals surface area contributed by atoms with Gasteiger partial charge in [0.15, 0.2) is 0 Å². The van der Waals surface area contributed by atoms with Gasteiger partial charge >= 0.3 is 0 Å². The summed E-state index contributed by atoms with van der Waals surface area (Å²) in [4.78, 5) is 0. The highest BCUT2D eigenvalue weighted by molar-refractivity contribution is 6.31. The molecule has 1 N–H and O–H groups in total. The van der Waals surface area contributed by atoms with Crippen molar-refractivity contribution in [3.8, 4) is 0 Å². The maximum atomic E-state index is 5.95. The van der Waals surface area contributed by atoms with E-state index in [4.69, 9.17) is 11.6 Å². The summed E-state index contributed by atoms with van der Waals surface area (Å²) in [5.41, 5.74) is 3.29. The van der Waals surface area contributed by atoms with Crippen molar-refractivity contribution in [3.05, 3.63) is 41.1 Å². The van der Waals surface area contributed by atoms with Gasteiger partial charge in [-0.1, -0.05) is 24.2 Å². The number of rotatable bonds is 0. The molecule has 0 aromatic heterocycles. The third-order valence-electron chi connectivity index (χ3n) is 1.82. The van der Waals surface area contributed by atoms with Crippen LogP contribution in [-0.2, 0) is 6.42 Å². The minimum atomic E-state index is 0.827. The fraction of sp³-hybridized carbons (Fsp3) is 0.111. The Balaban J connectivity index is 2.57. The van der Waals surface area contributed by atoms with Crippen molar-refractivity contribution < 1.29 is 0 Å². The van der Waals surface area contributed by atoms with Crippen molar-refractivity contribution in [2.24, 2.45) is 0 Å². The van der Waals surface area contributed by atoms with E-state index in [0.717, 1.165) is 22.8 Å². The quantitative estimate of drug-likeness (QED) is 0.624. The Bertz CT molecular complexity index is 317. The minimum absolute atomic E-state index is 0.827. The van der Waals surface area contributed by atoms with Gasteiger partial charge in [-0.2, -0.15) is 0 Å². The van der Waals surface area contributed by atoms with Crippen molar-refractivity contribution in [3.63, 3.8) is 0 Å². The third-order valence-corrected chi connectivity index (χ3v) is 2.17. The van der Waals surface area contributed by atoms with Gasteiger partial charge < -0.3 is 5.32 Å². The number of hydrogen-bond donors (Lipinski definition) is 1. The van der Waals surface area contributed by atoms with Gasteiger partial charge in [0.05, 0.1) is 0 Å². The first-order valence-corrected chi connectivity index (χ1v) is 3.87. The molecule has 1 nitrogen and oxygen atoms in total. The summed E-state index contributed by atoms with van der Waals surface area (Å²) in [6, 6.07) is 5.85. The standard InChI is InChI=1S/C9H8ClN/c1-6-5-7-8(10)3-2-4-9(7)11-6/h2-4,11H,1,5H2. The summed E-state index contributed by atoms with van der Waals surface area (Å²) in [7, 11) is 0. The Morgan fingerprint density at radius 2 is 2.27 bits per heavy atom. The molecule has 0 radical (unpaired) electrons. The van der Waals surface area contributed by atoms with E-state index in [-0.39, 0.29) is 0 Å². The van der Waals surface area contributed by atoms with Crippen LogP contribution < -0.4 is 5.32 Å². The zero-order valence-corrected chi connectivity index (χ0v) is 6.78. The molecule has 1 aliphatic rings. The van der Waals surface area contributed by atoms with Crippen LogP contribution in [0.1, 0.15) is 5.56 Å². The highest BCUT2D eigenvalue weighted by atomic mass is 35.5. The van der Waals surface area contributed by atoms with Crippen LogP contribution in [0.3, 0.4) is 0 Å². The van der Waals surface area contributed by atoms with Crippen LogP contribution in [-0.4, -0.2) is 0 Å². The number of hydrogen-bond acceptors (Lipinski definition) is 1. The van der Waals surface area contributed by atoms with E-state index in [1.165, 1.54) is 5.56 Å². The fourth-order valence-electron chi connectivity index (χ4n) is 1.30. The average Bonchev–Trinajstić information content (AvgIpc) is 2.31. The van der Waals surface area contributed by atoms with Gasteiger partial charge in [0.1, 0.15) is 0 Å². The molecule has 0 saturated carbocycles. The lowest BCUT2D eigenvalue weighted by Gasteiger charge is -1.98. The fourth-order valence-corrected chi connectivity index (χ4v) is 1.54. The second-order valence-corrected chi connectivity index (χ2v) is 3.08. The summed E-state index contributed by atoms with van der Waals surface area (Å²) in [5, 5.41) is 3.99. The summed E-state index contributed by atoms with van der Waals surface area (Å²) < 4.78 is 0. The van der Waals surface area contributed by atoms with Crippen LogP contribution in [0.2, 0.25) is 5.02 Å². The second kappa shape index (κ2) is 2.28. The lowest BCUT2D eigenvalue weighted by molar-refractivity contribution is 1.26. The predicted molar refractivity (Wildman–Crippen MR) is 47.9 cm³/mol. The zero-order valence-electron chi connectivity index (χ0n) is 6.02. The van der Waals surface area contributed by atoms with Crippen LogP contribution >= 0.6 is 11.6 Å². The lowest BCUT2D eigenvalue weighted by atomic mass is 10.1. The Morgan fingerprint density at radius 3 is 3.00 bits per heavy atom. The van der Waals surface area contributed by atoms with Crippen molar-refractivity contribution in [1.82, 2.24) is 0 Å². The van der Waals surface area contributed by atoms with E-state index in [2.05, 4.69) is 11.9 Å². The second-order valence-electron chi connectivity index (χ2n) is 2.67. The highest BCUT2D eigenvalue weighted by Gasteiger charge is 2.14. The third kappa shape index (κ3) is 1.02. The van der Waals surface area contributed by atoms with E-state index < -0.39 is 0 Å². The maximum absolute atomic E-state index is 5.95. The Hall–Kier alpha value is -0.950. The molecule has 11 heavy (non-hydrogen) atoms. The average molecular weight is 166 g/mol. The molecule has 0 unspecified atom stereocenters. The molecular formula is C9H8ClN. The molecule has 1 aliphatic heterocycles. The monoisotopic (exact) mass is 165 g/mol. The van der Waals surface area contributed by atoms with E-state index in [0.29, 0.717) is 0 Å². The molecule has 0 spiro atoms. The molecule has 1 aromatic carbocycles. The summed E-state index contributed by atoms with van der Waals surface area (Å²) in [5.74, 6) is 0. The van der Waals surface area contributed by atoms with Gasteiger partial charge in [-0.15, -0.1) is 0 Å². The molecule has 2 rings (SSSR count). The molecule has 0 saturated heterocycles. The molecular weight excluding hydrogens is 158 g/mol. The molecule has 2 heteroatoms. The van der Waals surface area contributed by atoms with Crippen molar-refractivity contribution in [1.29, 1.82) is 0 Å². The number of nitrogens with one attached hydrogen (secondary N) is 1. The van der Waals surface area contributed by atoms with Crippen molar-refractivity contribution >= 4 is 17.3 Å². The largest absolute Gasteiger partial charge is 0.359 e. The Morgan fingerprint density at radius 1 is 1.45 bits per heavy atom. The van der Waals surface area contributed by atoms with Crippen LogP contribution in [0.25, 0.3) is 0 Å². The van der Waals surface area contributed by atoms with Gasteiger partial charge in [-0.3, -0.25) is 0 Å². The van der Waals surface area contributed by atoms with E-state index >= 15 is 0 Å².